The summed E-state index contributed by atoms with van der Waals surface area (Å²) in [4.78, 5) is 29.4. The fourth-order valence-corrected chi connectivity index (χ4v) is 5.32. The largest absolute Gasteiger partial charge is 0.471 e. The van der Waals surface area contributed by atoms with Crippen LogP contribution in [-0.4, -0.2) is 32.0 Å². The molecule has 196 valence electrons. The first-order chi connectivity index (χ1) is 18.0. The zero-order valence-corrected chi connectivity index (χ0v) is 21.5. The van der Waals surface area contributed by atoms with E-state index in [4.69, 9.17) is 11.6 Å². The van der Waals surface area contributed by atoms with Crippen molar-refractivity contribution in [2.75, 3.05) is 29.2 Å². The van der Waals surface area contributed by atoms with E-state index < -0.39 is 18.1 Å². The summed E-state index contributed by atoms with van der Waals surface area (Å²) < 4.78 is 42.1. The number of fused-ring (bicyclic) bond motifs is 1. The quantitative estimate of drug-likeness (QED) is 0.395. The number of benzene rings is 3. The van der Waals surface area contributed by atoms with Crippen LogP contribution in [0, 0.1) is 0 Å². The number of anilines is 3. The maximum absolute atomic E-state index is 14.0. The molecule has 1 heterocycles. The lowest BCUT2D eigenvalue weighted by Crippen LogP contribution is -2.45. The first kappa shape index (κ1) is 25.9. The highest BCUT2D eigenvalue weighted by Gasteiger charge is 2.49. The lowest BCUT2D eigenvalue weighted by atomic mass is 9.78. The Kier molecular flexibility index (Phi) is 6.69. The number of rotatable bonds is 3. The van der Waals surface area contributed by atoms with E-state index in [-0.39, 0.29) is 29.4 Å². The summed E-state index contributed by atoms with van der Waals surface area (Å²) in [5.41, 5.74) is 3.22. The predicted octanol–water partition coefficient (Wildman–Crippen LogP) is 6.87. The molecule has 38 heavy (non-hydrogen) atoms. The standard InChI is InChI=1S/C29H25ClF3N3O2/c1-35(2)21-13-9-18(10-14-21)27-26-23(15-19(16-25(26)37)17-7-11-20(30)12-8-17)34-22-5-3-4-6-24(22)36(27)28(38)29(31,32)33/h3-14,19,27,34H,15-16H2,1-2H3/t19-,27+/m0/s1. The van der Waals surface area contributed by atoms with Crippen molar-refractivity contribution in [1.29, 1.82) is 0 Å². The molecule has 0 saturated heterocycles. The van der Waals surface area contributed by atoms with Crippen molar-refractivity contribution in [2.24, 2.45) is 0 Å². The fourth-order valence-electron chi connectivity index (χ4n) is 5.19. The normalized spacial score (nSPS) is 19.3. The number of halogens is 4. The predicted molar refractivity (Wildman–Crippen MR) is 143 cm³/mol. The van der Waals surface area contributed by atoms with Crippen LogP contribution in [0.1, 0.15) is 35.9 Å². The SMILES string of the molecule is CN(C)c1ccc([C@@H]2C3=C(C[C@H](c4ccc(Cl)cc4)CC3=O)Nc3ccccc3N2C(=O)C(F)(F)F)cc1. The highest BCUT2D eigenvalue weighted by atomic mass is 35.5. The van der Waals surface area contributed by atoms with Gasteiger partial charge >= 0.3 is 12.1 Å². The van der Waals surface area contributed by atoms with Gasteiger partial charge in [-0.3, -0.25) is 14.5 Å². The van der Waals surface area contributed by atoms with E-state index in [2.05, 4.69) is 5.32 Å². The van der Waals surface area contributed by atoms with Crippen LogP contribution >= 0.6 is 11.6 Å². The van der Waals surface area contributed by atoms with Crippen LogP contribution in [0.4, 0.5) is 30.2 Å². The molecule has 1 amide bonds. The number of Topliss-reactive ketones (excluding diaryl/α,β-unsaturated/α-hetero) is 1. The maximum atomic E-state index is 14.0. The lowest BCUT2D eigenvalue weighted by Gasteiger charge is -2.35. The number of hydrogen-bond acceptors (Lipinski definition) is 4. The van der Waals surface area contributed by atoms with Crippen molar-refractivity contribution in [3.63, 3.8) is 0 Å². The maximum Gasteiger partial charge on any atom is 0.471 e. The average molecular weight is 540 g/mol. The molecular weight excluding hydrogens is 515 g/mol. The van der Waals surface area contributed by atoms with Crippen molar-refractivity contribution < 1.29 is 22.8 Å². The van der Waals surface area contributed by atoms with Crippen molar-refractivity contribution in [2.45, 2.75) is 31.0 Å². The van der Waals surface area contributed by atoms with Crippen LogP contribution in [0.3, 0.4) is 0 Å². The molecule has 2 aliphatic rings. The summed E-state index contributed by atoms with van der Waals surface area (Å²) in [6.07, 6.45) is -4.67. The van der Waals surface area contributed by atoms with Crippen LogP contribution < -0.4 is 15.1 Å². The molecule has 9 heteroatoms. The van der Waals surface area contributed by atoms with Gasteiger partial charge in [0.25, 0.3) is 0 Å². The van der Waals surface area contributed by atoms with Crippen LogP contribution in [0.5, 0.6) is 0 Å². The van der Waals surface area contributed by atoms with E-state index in [9.17, 15) is 22.8 Å². The zero-order valence-electron chi connectivity index (χ0n) is 20.7. The second-order valence-electron chi connectivity index (χ2n) is 9.68. The van der Waals surface area contributed by atoms with Gasteiger partial charge in [-0.2, -0.15) is 13.2 Å². The topological polar surface area (TPSA) is 52.7 Å². The number of ketones is 1. The fraction of sp³-hybridized carbons (Fsp3) is 0.241. The van der Waals surface area contributed by atoms with Gasteiger partial charge in [-0.05, 0) is 59.9 Å². The first-order valence-electron chi connectivity index (χ1n) is 12.1. The Balaban J connectivity index is 1.71. The summed E-state index contributed by atoms with van der Waals surface area (Å²) in [5, 5.41) is 3.80. The molecule has 0 bridgehead atoms. The Morgan fingerprint density at radius 2 is 1.58 bits per heavy atom. The van der Waals surface area contributed by atoms with Gasteiger partial charge < -0.3 is 10.2 Å². The van der Waals surface area contributed by atoms with Gasteiger partial charge in [0, 0.05) is 42.5 Å². The number of alkyl halides is 3. The minimum absolute atomic E-state index is 0.0572. The van der Waals surface area contributed by atoms with Gasteiger partial charge in [-0.15, -0.1) is 0 Å². The number of hydrogen-bond donors (Lipinski definition) is 1. The van der Waals surface area contributed by atoms with Gasteiger partial charge in [0.15, 0.2) is 5.78 Å². The van der Waals surface area contributed by atoms with Crippen LogP contribution in [0.25, 0.3) is 0 Å². The van der Waals surface area contributed by atoms with E-state index in [1.807, 2.05) is 31.1 Å². The Hall–Kier alpha value is -3.78. The lowest BCUT2D eigenvalue weighted by molar-refractivity contribution is -0.170. The number of nitrogens with one attached hydrogen (secondary N) is 1. The highest BCUT2D eigenvalue weighted by molar-refractivity contribution is 6.30. The number of amides is 1. The smallest absolute Gasteiger partial charge is 0.378 e. The van der Waals surface area contributed by atoms with Gasteiger partial charge in [-0.1, -0.05) is 48.0 Å². The minimum atomic E-state index is -5.15. The molecule has 0 saturated carbocycles. The molecule has 0 spiro atoms. The number of carbonyl (C=O) groups excluding carboxylic acids is 2. The van der Waals surface area contributed by atoms with Crippen LogP contribution in [0.15, 0.2) is 84.1 Å². The third-order valence-corrected chi connectivity index (χ3v) is 7.27. The van der Waals surface area contributed by atoms with Crippen LogP contribution in [-0.2, 0) is 9.59 Å². The van der Waals surface area contributed by atoms with Gasteiger partial charge in [-0.25, -0.2) is 0 Å². The van der Waals surface area contributed by atoms with Crippen molar-refractivity contribution in [1.82, 2.24) is 0 Å². The van der Waals surface area contributed by atoms with E-state index >= 15 is 0 Å². The third-order valence-electron chi connectivity index (χ3n) is 7.02. The Morgan fingerprint density at radius 1 is 0.947 bits per heavy atom. The molecule has 1 N–H and O–H groups in total. The Bertz CT molecular complexity index is 1420. The average Bonchev–Trinajstić information content (AvgIpc) is 3.02. The van der Waals surface area contributed by atoms with Crippen LogP contribution in [0.2, 0.25) is 5.02 Å². The molecule has 3 aromatic carbocycles. The molecule has 5 rings (SSSR count). The molecule has 0 unspecified atom stereocenters. The first-order valence-corrected chi connectivity index (χ1v) is 12.5. The van der Waals surface area contributed by atoms with Crippen molar-refractivity contribution in [3.05, 3.63) is 100 Å². The van der Waals surface area contributed by atoms with Crippen molar-refractivity contribution in [3.8, 4) is 0 Å². The second kappa shape index (κ2) is 9.83. The molecule has 1 aliphatic carbocycles. The van der Waals surface area contributed by atoms with Crippen molar-refractivity contribution >= 4 is 40.4 Å². The number of nitrogens with zero attached hydrogens (tertiary/aromatic N) is 2. The van der Waals surface area contributed by atoms with Gasteiger partial charge in [0.05, 0.1) is 17.4 Å². The monoisotopic (exact) mass is 539 g/mol. The summed E-state index contributed by atoms with van der Waals surface area (Å²) in [5.74, 6) is -2.54. The highest BCUT2D eigenvalue weighted by Crippen LogP contribution is 2.48. The molecule has 5 nitrogen and oxygen atoms in total. The Morgan fingerprint density at radius 3 is 2.21 bits per heavy atom. The van der Waals surface area contributed by atoms with E-state index in [0.29, 0.717) is 28.4 Å². The molecule has 1 aliphatic heterocycles. The molecule has 3 aromatic rings. The van der Waals surface area contributed by atoms with Gasteiger partial charge in [0.1, 0.15) is 0 Å². The molecule has 0 fully saturated rings. The molecule has 0 radical (unpaired) electrons. The second-order valence-corrected chi connectivity index (χ2v) is 10.1. The summed E-state index contributed by atoms with van der Waals surface area (Å²) in [6, 6.07) is 19.2. The zero-order chi connectivity index (χ0) is 27.2. The number of carbonyl (C=O) groups is 2. The molecular formula is C29H25ClF3N3O2. The van der Waals surface area contributed by atoms with E-state index in [0.717, 1.165) is 16.2 Å². The Labute approximate surface area is 223 Å². The van der Waals surface area contributed by atoms with E-state index in [1.165, 1.54) is 6.07 Å². The number of allylic oxidation sites excluding steroid dienone is 1. The summed E-state index contributed by atoms with van der Waals surface area (Å²) >= 11 is 6.05. The molecule has 0 aromatic heterocycles. The third kappa shape index (κ3) is 4.76. The minimum Gasteiger partial charge on any atom is -0.378 e. The van der Waals surface area contributed by atoms with E-state index in [1.54, 1.807) is 54.6 Å². The summed E-state index contributed by atoms with van der Waals surface area (Å²) in [6.45, 7) is 0. The number of para-hydroxylation sites is 2. The molecule has 2 atom stereocenters. The summed E-state index contributed by atoms with van der Waals surface area (Å²) in [7, 11) is 3.70. The van der Waals surface area contributed by atoms with Gasteiger partial charge in [0.2, 0.25) is 0 Å².